The topological polar surface area (TPSA) is 80.3 Å². The molecule has 6 nitrogen and oxygen atoms in total. The molecule has 4 rings (SSSR count). The van der Waals surface area contributed by atoms with Crippen molar-refractivity contribution in [2.75, 3.05) is 5.32 Å². The van der Waals surface area contributed by atoms with E-state index in [1.165, 1.54) is 30.5 Å². The van der Waals surface area contributed by atoms with Gasteiger partial charge in [0.2, 0.25) is 11.8 Å². The SMILES string of the molecule is O=C(/C=C/c1ccc(Oc2cccnc2)c(F)c1)NCc1cccc(NC(=O)C2CCCC2)c1. The number of aromatic nitrogens is 1. The van der Waals surface area contributed by atoms with E-state index in [9.17, 15) is 14.0 Å². The number of pyridine rings is 1. The molecule has 34 heavy (non-hydrogen) atoms. The lowest BCUT2D eigenvalue weighted by Crippen LogP contribution is -2.21. The highest BCUT2D eigenvalue weighted by Gasteiger charge is 2.22. The lowest BCUT2D eigenvalue weighted by atomic mass is 10.1. The van der Waals surface area contributed by atoms with Crippen LogP contribution in [0.15, 0.2) is 73.1 Å². The Morgan fingerprint density at radius 2 is 1.94 bits per heavy atom. The highest BCUT2D eigenvalue weighted by atomic mass is 19.1. The zero-order valence-electron chi connectivity index (χ0n) is 18.7. The number of rotatable bonds is 8. The smallest absolute Gasteiger partial charge is 0.244 e. The molecule has 0 unspecified atom stereocenters. The summed E-state index contributed by atoms with van der Waals surface area (Å²) in [6, 6.07) is 15.3. The Balaban J connectivity index is 1.28. The fourth-order valence-electron chi connectivity index (χ4n) is 3.85. The Kier molecular flexibility index (Phi) is 7.65. The van der Waals surface area contributed by atoms with Crippen LogP contribution in [0.5, 0.6) is 11.5 Å². The van der Waals surface area contributed by atoms with Gasteiger partial charge in [-0.3, -0.25) is 14.6 Å². The van der Waals surface area contributed by atoms with Crippen molar-refractivity contribution >= 4 is 23.6 Å². The third kappa shape index (κ3) is 6.51. The van der Waals surface area contributed by atoms with Gasteiger partial charge < -0.3 is 15.4 Å². The van der Waals surface area contributed by atoms with E-state index in [-0.39, 0.29) is 23.5 Å². The van der Waals surface area contributed by atoms with Crippen LogP contribution in [-0.4, -0.2) is 16.8 Å². The minimum absolute atomic E-state index is 0.0608. The Labute approximate surface area is 197 Å². The molecule has 0 saturated heterocycles. The standard InChI is InChI=1S/C27H26FN3O3/c28-24-16-19(10-12-25(24)34-23-9-4-14-29-18-23)11-13-26(32)30-17-20-5-3-8-22(15-20)31-27(33)21-6-1-2-7-21/h3-5,8-16,18,21H,1-2,6-7,17H2,(H,30,32)(H,31,33)/b13-11+. The maximum Gasteiger partial charge on any atom is 0.244 e. The predicted octanol–water partition coefficient (Wildman–Crippen LogP) is 5.47. The van der Waals surface area contributed by atoms with Crippen LogP contribution in [0.1, 0.15) is 36.8 Å². The molecule has 1 saturated carbocycles. The second kappa shape index (κ2) is 11.2. The van der Waals surface area contributed by atoms with Crippen molar-refractivity contribution in [1.82, 2.24) is 10.3 Å². The molecule has 2 aromatic carbocycles. The zero-order valence-corrected chi connectivity index (χ0v) is 18.7. The Morgan fingerprint density at radius 3 is 2.71 bits per heavy atom. The van der Waals surface area contributed by atoms with E-state index < -0.39 is 5.82 Å². The summed E-state index contributed by atoms with van der Waals surface area (Å²) in [4.78, 5) is 28.5. The highest BCUT2D eigenvalue weighted by Crippen LogP contribution is 2.26. The number of nitrogens with one attached hydrogen (secondary N) is 2. The normalized spacial score (nSPS) is 13.7. The Morgan fingerprint density at radius 1 is 1.09 bits per heavy atom. The molecule has 0 radical (unpaired) electrons. The number of hydrogen-bond donors (Lipinski definition) is 2. The van der Waals surface area contributed by atoms with Gasteiger partial charge in [0, 0.05) is 30.4 Å². The first-order valence-electron chi connectivity index (χ1n) is 11.3. The van der Waals surface area contributed by atoms with E-state index in [0.29, 0.717) is 17.9 Å². The van der Waals surface area contributed by atoms with E-state index in [0.717, 1.165) is 36.9 Å². The number of halogens is 1. The number of carbonyl (C=O) groups excluding carboxylic acids is 2. The Hall–Kier alpha value is -4.00. The van der Waals surface area contributed by atoms with Crippen LogP contribution in [0.3, 0.4) is 0 Å². The van der Waals surface area contributed by atoms with Gasteiger partial charge in [0.15, 0.2) is 11.6 Å². The van der Waals surface area contributed by atoms with Crippen LogP contribution in [-0.2, 0) is 16.1 Å². The number of hydrogen-bond acceptors (Lipinski definition) is 4. The van der Waals surface area contributed by atoms with Gasteiger partial charge in [0.1, 0.15) is 5.75 Å². The van der Waals surface area contributed by atoms with Crippen LogP contribution in [0.25, 0.3) is 6.08 Å². The summed E-state index contributed by atoms with van der Waals surface area (Å²) in [6.07, 6.45) is 10.1. The maximum atomic E-state index is 14.3. The zero-order chi connectivity index (χ0) is 23.8. The van der Waals surface area contributed by atoms with Gasteiger partial charge >= 0.3 is 0 Å². The second-order valence-corrected chi connectivity index (χ2v) is 8.20. The number of benzene rings is 2. The fraction of sp³-hybridized carbons (Fsp3) is 0.222. The molecule has 2 amide bonds. The van der Waals surface area contributed by atoms with Crippen molar-refractivity contribution in [3.63, 3.8) is 0 Å². The molecule has 1 aromatic heterocycles. The van der Waals surface area contributed by atoms with Crippen molar-refractivity contribution in [3.05, 3.63) is 90.0 Å². The first-order valence-corrected chi connectivity index (χ1v) is 11.3. The largest absolute Gasteiger partial charge is 0.453 e. The number of nitrogens with zero attached hydrogens (tertiary/aromatic N) is 1. The molecular weight excluding hydrogens is 433 g/mol. The van der Waals surface area contributed by atoms with Crippen molar-refractivity contribution in [2.24, 2.45) is 5.92 Å². The van der Waals surface area contributed by atoms with Gasteiger partial charge in [-0.1, -0.05) is 31.0 Å². The van der Waals surface area contributed by atoms with Gasteiger partial charge in [-0.25, -0.2) is 4.39 Å². The van der Waals surface area contributed by atoms with E-state index >= 15 is 0 Å². The molecule has 0 spiro atoms. The van der Waals surface area contributed by atoms with Crippen LogP contribution < -0.4 is 15.4 Å². The molecule has 1 aliphatic rings. The van der Waals surface area contributed by atoms with Crippen molar-refractivity contribution in [3.8, 4) is 11.5 Å². The predicted molar refractivity (Wildman–Crippen MR) is 129 cm³/mol. The minimum Gasteiger partial charge on any atom is -0.453 e. The van der Waals surface area contributed by atoms with Gasteiger partial charge in [-0.15, -0.1) is 0 Å². The first-order chi connectivity index (χ1) is 16.6. The number of amides is 2. The van der Waals surface area contributed by atoms with Gasteiger partial charge in [0.25, 0.3) is 0 Å². The third-order valence-corrected chi connectivity index (χ3v) is 5.63. The molecule has 0 atom stereocenters. The lowest BCUT2D eigenvalue weighted by molar-refractivity contribution is -0.119. The summed E-state index contributed by atoms with van der Waals surface area (Å²) in [6.45, 7) is 0.308. The van der Waals surface area contributed by atoms with E-state index in [4.69, 9.17) is 4.74 Å². The van der Waals surface area contributed by atoms with Crippen LogP contribution >= 0.6 is 0 Å². The van der Waals surface area contributed by atoms with E-state index in [1.807, 2.05) is 24.3 Å². The molecule has 3 aromatic rings. The summed E-state index contributed by atoms with van der Waals surface area (Å²) in [5.41, 5.74) is 2.12. The average Bonchev–Trinajstić information content (AvgIpc) is 3.39. The highest BCUT2D eigenvalue weighted by molar-refractivity contribution is 5.93. The van der Waals surface area contributed by atoms with Crippen LogP contribution in [0, 0.1) is 11.7 Å². The average molecular weight is 460 g/mol. The molecule has 1 fully saturated rings. The molecule has 0 aliphatic heterocycles. The summed E-state index contributed by atoms with van der Waals surface area (Å²) >= 11 is 0. The monoisotopic (exact) mass is 459 g/mol. The lowest BCUT2D eigenvalue weighted by Gasteiger charge is -2.11. The van der Waals surface area contributed by atoms with Gasteiger partial charge in [-0.05, 0) is 66.4 Å². The third-order valence-electron chi connectivity index (χ3n) is 5.63. The minimum atomic E-state index is -0.539. The molecule has 7 heteroatoms. The molecule has 1 heterocycles. The van der Waals surface area contributed by atoms with E-state index in [1.54, 1.807) is 24.4 Å². The summed E-state index contributed by atoms with van der Waals surface area (Å²) in [7, 11) is 0. The molecule has 1 aliphatic carbocycles. The number of anilines is 1. The number of carbonyl (C=O) groups is 2. The van der Waals surface area contributed by atoms with Crippen molar-refractivity contribution < 1.29 is 18.7 Å². The molecule has 2 N–H and O–H groups in total. The van der Waals surface area contributed by atoms with Crippen molar-refractivity contribution in [1.29, 1.82) is 0 Å². The molecule has 174 valence electrons. The maximum absolute atomic E-state index is 14.3. The fourth-order valence-corrected chi connectivity index (χ4v) is 3.85. The van der Waals surface area contributed by atoms with E-state index in [2.05, 4.69) is 15.6 Å². The van der Waals surface area contributed by atoms with Gasteiger partial charge in [0.05, 0.1) is 6.20 Å². The van der Waals surface area contributed by atoms with Crippen LogP contribution in [0.4, 0.5) is 10.1 Å². The number of ether oxygens (including phenoxy) is 1. The Bertz CT molecular complexity index is 1170. The summed E-state index contributed by atoms with van der Waals surface area (Å²) in [5.74, 6) is -0.180. The van der Waals surface area contributed by atoms with Crippen molar-refractivity contribution in [2.45, 2.75) is 32.2 Å². The van der Waals surface area contributed by atoms with Gasteiger partial charge in [-0.2, -0.15) is 0 Å². The first kappa shape index (κ1) is 23.2. The molecule has 0 bridgehead atoms. The summed E-state index contributed by atoms with van der Waals surface area (Å²) < 4.78 is 19.8. The molecular formula is C27H26FN3O3. The summed E-state index contributed by atoms with van der Waals surface area (Å²) in [5, 5.41) is 5.77. The quantitative estimate of drug-likeness (QED) is 0.438. The second-order valence-electron chi connectivity index (χ2n) is 8.20. The van der Waals surface area contributed by atoms with Crippen LogP contribution in [0.2, 0.25) is 0 Å².